The third kappa shape index (κ3) is 5.35. The van der Waals surface area contributed by atoms with Crippen molar-refractivity contribution in [1.29, 1.82) is 0 Å². The van der Waals surface area contributed by atoms with Crippen LogP contribution >= 0.6 is 0 Å². The average Bonchev–Trinajstić information content (AvgIpc) is 2.82. The second-order valence-electron chi connectivity index (χ2n) is 7.02. The van der Waals surface area contributed by atoms with Gasteiger partial charge in [0.1, 0.15) is 5.75 Å². The van der Waals surface area contributed by atoms with Crippen LogP contribution in [0.5, 0.6) is 5.75 Å². The number of benzene rings is 1. The zero-order chi connectivity index (χ0) is 22.4. The fourth-order valence-electron chi connectivity index (χ4n) is 3.33. The zero-order valence-electron chi connectivity index (χ0n) is 17.1. The van der Waals surface area contributed by atoms with E-state index in [0.29, 0.717) is 5.75 Å². The Kier molecular flexibility index (Phi) is 6.53. The smallest absolute Gasteiger partial charge is 0.264 e. The molecule has 0 fully saturated rings. The maximum atomic E-state index is 10.8. The Bertz CT molecular complexity index is 1280. The van der Waals surface area contributed by atoms with Crippen molar-refractivity contribution in [3.05, 3.63) is 85.3 Å². The second-order valence-corrected chi connectivity index (χ2v) is 8.60. The van der Waals surface area contributed by atoms with Crippen LogP contribution in [0.3, 0.4) is 0 Å². The summed E-state index contributed by atoms with van der Waals surface area (Å²) in [5, 5.41) is 0. The van der Waals surface area contributed by atoms with Gasteiger partial charge in [-0.05, 0) is 60.0 Å². The van der Waals surface area contributed by atoms with E-state index in [-0.39, 0.29) is 18.8 Å². The molecule has 0 radical (unpaired) electrons. The molecule has 0 aliphatic carbocycles. The molecule has 0 bridgehead atoms. The molecule has 32 heavy (non-hydrogen) atoms. The standard InChI is InChI=1S/C24H21N3O4S/c28-32(29,30)17-5-16-31-19-10-8-18(9-11-19)20-12-15-27-24(22-7-2-4-14-26-22)23(20)21-6-1-3-13-25-21/h1-4,6-15H,5,16-17H2,(H,28,29,30). The van der Waals surface area contributed by atoms with Gasteiger partial charge in [0.15, 0.2) is 0 Å². The normalized spacial score (nSPS) is 11.3. The zero-order valence-corrected chi connectivity index (χ0v) is 17.9. The van der Waals surface area contributed by atoms with E-state index in [1.54, 1.807) is 18.6 Å². The molecule has 162 valence electrons. The first-order chi connectivity index (χ1) is 15.5. The maximum absolute atomic E-state index is 10.8. The van der Waals surface area contributed by atoms with Gasteiger partial charge in [-0.25, -0.2) is 0 Å². The second kappa shape index (κ2) is 9.67. The summed E-state index contributed by atoms with van der Waals surface area (Å²) in [6.07, 6.45) is 5.45. The maximum Gasteiger partial charge on any atom is 0.264 e. The fraction of sp³-hybridized carbons (Fsp3) is 0.125. The topological polar surface area (TPSA) is 102 Å². The van der Waals surface area contributed by atoms with Gasteiger partial charge in [-0.15, -0.1) is 0 Å². The first-order valence-electron chi connectivity index (χ1n) is 10.0. The molecule has 0 aliphatic heterocycles. The lowest BCUT2D eigenvalue weighted by molar-refractivity contribution is 0.316. The summed E-state index contributed by atoms with van der Waals surface area (Å²) in [6.45, 7) is 0.192. The highest BCUT2D eigenvalue weighted by atomic mass is 32.2. The van der Waals surface area contributed by atoms with E-state index in [4.69, 9.17) is 9.29 Å². The van der Waals surface area contributed by atoms with Crippen LogP contribution in [0.4, 0.5) is 0 Å². The highest BCUT2D eigenvalue weighted by molar-refractivity contribution is 7.85. The fourth-order valence-corrected chi connectivity index (χ4v) is 3.81. The van der Waals surface area contributed by atoms with Gasteiger partial charge < -0.3 is 4.74 Å². The molecule has 3 aromatic heterocycles. The molecule has 0 saturated carbocycles. The van der Waals surface area contributed by atoms with Crippen molar-refractivity contribution < 1.29 is 17.7 Å². The van der Waals surface area contributed by atoms with Crippen LogP contribution in [-0.4, -0.2) is 40.3 Å². The highest BCUT2D eigenvalue weighted by Gasteiger charge is 2.17. The van der Waals surface area contributed by atoms with Gasteiger partial charge in [0.05, 0.1) is 29.4 Å². The Balaban J connectivity index is 1.66. The van der Waals surface area contributed by atoms with Gasteiger partial charge in [-0.1, -0.05) is 24.3 Å². The van der Waals surface area contributed by atoms with Crippen molar-refractivity contribution in [3.63, 3.8) is 0 Å². The molecule has 8 heteroatoms. The van der Waals surface area contributed by atoms with Crippen molar-refractivity contribution in [2.24, 2.45) is 0 Å². The van der Waals surface area contributed by atoms with Gasteiger partial charge in [0.2, 0.25) is 0 Å². The largest absolute Gasteiger partial charge is 0.494 e. The number of pyridine rings is 3. The molecule has 0 saturated heterocycles. The van der Waals surface area contributed by atoms with E-state index < -0.39 is 10.1 Å². The predicted molar refractivity (Wildman–Crippen MR) is 123 cm³/mol. The van der Waals surface area contributed by atoms with Gasteiger partial charge >= 0.3 is 0 Å². The number of ether oxygens (including phenoxy) is 1. The van der Waals surface area contributed by atoms with Crippen LogP contribution in [-0.2, 0) is 10.1 Å². The van der Waals surface area contributed by atoms with E-state index in [9.17, 15) is 8.42 Å². The van der Waals surface area contributed by atoms with Crippen molar-refractivity contribution in [1.82, 2.24) is 15.0 Å². The van der Waals surface area contributed by atoms with Gasteiger partial charge in [-0.3, -0.25) is 19.5 Å². The molecule has 4 rings (SSSR count). The minimum atomic E-state index is -3.98. The Hall–Kier alpha value is -3.62. The summed E-state index contributed by atoms with van der Waals surface area (Å²) >= 11 is 0. The number of rotatable bonds is 8. The third-order valence-corrected chi connectivity index (χ3v) is 5.56. The molecule has 0 aliphatic rings. The van der Waals surface area contributed by atoms with Crippen LogP contribution in [0.2, 0.25) is 0 Å². The lowest BCUT2D eigenvalue weighted by Crippen LogP contribution is -2.08. The molecular formula is C24H21N3O4S. The Morgan fingerprint density at radius 1 is 0.781 bits per heavy atom. The van der Waals surface area contributed by atoms with E-state index in [1.165, 1.54) is 0 Å². The molecule has 0 spiro atoms. The number of nitrogens with zero attached hydrogens (tertiary/aromatic N) is 3. The van der Waals surface area contributed by atoms with Crippen LogP contribution < -0.4 is 4.74 Å². The van der Waals surface area contributed by atoms with Gasteiger partial charge in [-0.2, -0.15) is 8.42 Å². The van der Waals surface area contributed by atoms with Crippen molar-refractivity contribution >= 4 is 10.1 Å². The minimum Gasteiger partial charge on any atom is -0.494 e. The summed E-state index contributed by atoms with van der Waals surface area (Å²) in [5.41, 5.74) is 5.09. The minimum absolute atomic E-state index is 0.192. The number of aromatic nitrogens is 3. The van der Waals surface area contributed by atoms with Crippen molar-refractivity contribution in [3.8, 4) is 39.5 Å². The molecule has 1 N–H and O–H groups in total. The SMILES string of the molecule is O=S(=O)(O)CCCOc1ccc(-c2ccnc(-c3ccccn3)c2-c2ccccn2)cc1. The number of hydrogen-bond acceptors (Lipinski definition) is 6. The van der Waals surface area contributed by atoms with Gasteiger partial charge in [0.25, 0.3) is 10.1 Å². The molecule has 0 unspecified atom stereocenters. The van der Waals surface area contributed by atoms with Crippen LogP contribution in [0.25, 0.3) is 33.8 Å². The van der Waals surface area contributed by atoms with Gasteiger partial charge in [0, 0.05) is 24.2 Å². The molecular weight excluding hydrogens is 426 g/mol. The predicted octanol–water partition coefficient (Wildman–Crippen LogP) is 4.53. The summed E-state index contributed by atoms with van der Waals surface area (Å²) < 4.78 is 36.0. The Morgan fingerprint density at radius 3 is 2.09 bits per heavy atom. The first-order valence-corrected chi connectivity index (χ1v) is 11.6. The Labute approximate surface area is 186 Å². The molecule has 0 amide bonds. The monoisotopic (exact) mass is 447 g/mol. The van der Waals surface area contributed by atoms with E-state index >= 15 is 0 Å². The average molecular weight is 448 g/mol. The molecule has 7 nitrogen and oxygen atoms in total. The summed E-state index contributed by atoms with van der Waals surface area (Å²) in [4.78, 5) is 13.6. The third-order valence-electron chi connectivity index (χ3n) is 4.76. The highest BCUT2D eigenvalue weighted by Crippen LogP contribution is 2.37. The lowest BCUT2D eigenvalue weighted by atomic mass is 9.95. The quantitative estimate of drug-likeness (QED) is 0.313. The summed E-state index contributed by atoms with van der Waals surface area (Å²) in [5.74, 6) is 0.286. The van der Waals surface area contributed by atoms with Crippen LogP contribution in [0.1, 0.15) is 6.42 Å². The number of hydrogen-bond donors (Lipinski definition) is 1. The first kappa shape index (κ1) is 21.6. The van der Waals surface area contributed by atoms with E-state index in [1.807, 2.05) is 66.7 Å². The molecule has 4 aromatic rings. The molecule has 1 aromatic carbocycles. The molecule has 0 atom stereocenters. The van der Waals surface area contributed by atoms with Crippen molar-refractivity contribution in [2.75, 3.05) is 12.4 Å². The summed E-state index contributed by atoms with van der Waals surface area (Å²) in [6, 6.07) is 20.9. The van der Waals surface area contributed by atoms with E-state index in [0.717, 1.165) is 33.8 Å². The van der Waals surface area contributed by atoms with Crippen LogP contribution in [0, 0.1) is 0 Å². The molecule has 3 heterocycles. The van der Waals surface area contributed by atoms with E-state index in [2.05, 4.69) is 15.0 Å². The Morgan fingerprint density at radius 2 is 1.47 bits per heavy atom. The summed E-state index contributed by atoms with van der Waals surface area (Å²) in [7, 11) is -3.98. The van der Waals surface area contributed by atoms with Crippen molar-refractivity contribution in [2.45, 2.75) is 6.42 Å². The lowest BCUT2D eigenvalue weighted by Gasteiger charge is -2.14. The van der Waals surface area contributed by atoms with Crippen LogP contribution in [0.15, 0.2) is 85.3 Å².